The van der Waals surface area contributed by atoms with Crippen LogP contribution in [0.5, 0.6) is 0 Å². The van der Waals surface area contributed by atoms with Gasteiger partial charge >= 0.3 is 0 Å². The number of thioether (sulfide) groups is 1. The van der Waals surface area contributed by atoms with Crippen LogP contribution in [0.2, 0.25) is 0 Å². The highest BCUT2D eigenvalue weighted by Crippen LogP contribution is 2.40. The lowest BCUT2D eigenvalue weighted by Crippen LogP contribution is -2.23. The first-order valence-corrected chi connectivity index (χ1v) is 11.5. The van der Waals surface area contributed by atoms with Crippen LogP contribution in [0.3, 0.4) is 0 Å². The molecule has 0 atom stereocenters. The molecule has 1 aromatic heterocycles. The first kappa shape index (κ1) is 19.8. The second-order valence-electron chi connectivity index (χ2n) is 7.81. The molecule has 8 heteroatoms. The van der Waals surface area contributed by atoms with Crippen molar-refractivity contribution in [2.24, 2.45) is 0 Å². The fourth-order valence-corrected chi connectivity index (χ4v) is 4.33. The third-order valence-electron chi connectivity index (χ3n) is 5.42. The third kappa shape index (κ3) is 4.49. The minimum Gasteiger partial charge on any atom is -0.325 e. The molecule has 5 rings (SSSR count). The number of nitrogens with one attached hydrogen (secondary N) is 1. The molecule has 1 aliphatic carbocycles. The predicted molar refractivity (Wildman–Crippen MR) is 121 cm³/mol. The Balaban J connectivity index is 1.20. The van der Waals surface area contributed by atoms with Gasteiger partial charge in [-0.3, -0.25) is 9.59 Å². The average Bonchev–Trinajstić information content (AvgIpc) is 3.41. The van der Waals surface area contributed by atoms with Gasteiger partial charge in [0.1, 0.15) is 5.82 Å². The molecular formula is C23H23N5O2S. The molecule has 0 bridgehead atoms. The summed E-state index contributed by atoms with van der Waals surface area (Å²) in [5.41, 5.74) is 2.57. The van der Waals surface area contributed by atoms with E-state index in [0.29, 0.717) is 23.2 Å². The molecule has 31 heavy (non-hydrogen) atoms. The summed E-state index contributed by atoms with van der Waals surface area (Å²) in [5, 5.41) is 8.15. The lowest BCUT2D eigenvalue weighted by atomic mass is 10.2. The zero-order valence-electron chi connectivity index (χ0n) is 17.0. The van der Waals surface area contributed by atoms with Crippen molar-refractivity contribution in [3.63, 3.8) is 0 Å². The highest BCUT2D eigenvalue weighted by Gasteiger charge is 2.30. The summed E-state index contributed by atoms with van der Waals surface area (Å²) in [6.07, 6.45) is 3.77. The predicted octanol–water partition coefficient (Wildman–Crippen LogP) is 4.00. The van der Waals surface area contributed by atoms with E-state index in [1.165, 1.54) is 11.8 Å². The second-order valence-corrected chi connectivity index (χ2v) is 8.75. The normalized spacial score (nSPS) is 16.0. The number of benzene rings is 2. The van der Waals surface area contributed by atoms with Crippen molar-refractivity contribution in [3.8, 4) is 5.69 Å². The molecule has 2 amide bonds. The van der Waals surface area contributed by atoms with E-state index >= 15 is 0 Å². The van der Waals surface area contributed by atoms with Gasteiger partial charge in [-0.25, -0.2) is 9.67 Å². The van der Waals surface area contributed by atoms with E-state index in [-0.39, 0.29) is 17.6 Å². The number of aromatic nitrogens is 3. The van der Waals surface area contributed by atoms with Crippen LogP contribution in [0.25, 0.3) is 5.69 Å². The van der Waals surface area contributed by atoms with E-state index in [4.69, 9.17) is 0 Å². The van der Waals surface area contributed by atoms with E-state index in [9.17, 15) is 9.59 Å². The minimum atomic E-state index is -0.112. The van der Waals surface area contributed by atoms with E-state index in [0.717, 1.165) is 43.0 Å². The summed E-state index contributed by atoms with van der Waals surface area (Å²) >= 11 is 1.34. The highest BCUT2D eigenvalue weighted by molar-refractivity contribution is 7.99. The van der Waals surface area contributed by atoms with Gasteiger partial charge < -0.3 is 10.2 Å². The van der Waals surface area contributed by atoms with Gasteiger partial charge in [-0.2, -0.15) is 0 Å². The number of carbonyl (C=O) groups is 2. The number of para-hydroxylation sites is 1. The van der Waals surface area contributed by atoms with Crippen LogP contribution in [0.4, 0.5) is 11.4 Å². The first-order valence-electron chi connectivity index (χ1n) is 10.5. The molecule has 0 spiro atoms. The number of anilines is 2. The van der Waals surface area contributed by atoms with E-state index in [1.54, 1.807) is 4.90 Å². The van der Waals surface area contributed by atoms with Crippen LogP contribution in [0, 0.1) is 0 Å². The lowest BCUT2D eigenvalue weighted by Gasteiger charge is -2.16. The summed E-state index contributed by atoms with van der Waals surface area (Å²) in [7, 11) is 0. The van der Waals surface area contributed by atoms with Gasteiger partial charge in [0, 0.05) is 30.3 Å². The summed E-state index contributed by atoms with van der Waals surface area (Å²) in [6, 6.07) is 17.4. The molecule has 2 aromatic carbocycles. The number of rotatable bonds is 7. The maximum atomic E-state index is 12.4. The Morgan fingerprint density at radius 1 is 1.06 bits per heavy atom. The van der Waals surface area contributed by atoms with Crippen LogP contribution in [-0.2, 0) is 9.59 Å². The van der Waals surface area contributed by atoms with Gasteiger partial charge in [-0.15, -0.1) is 5.10 Å². The fourth-order valence-electron chi connectivity index (χ4n) is 3.70. The molecule has 2 aliphatic rings. The maximum Gasteiger partial charge on any atom is 0.234 e. The van der Waals surface area contributed by atoms with E-state index in [2.05, 4.69) is 15.4 Å². The number of amides is 2. The largest absolute Gasteiger partial charge is 0.325 e. The van der Waals surface area contributed by atoms with Crippen molar-refractivity contribution < 1.29 is 9.59 Å². The summed E-state index contributed by atoms with van der Waals surface area (Å²) in [6.45, 7) is 0.757. The monoisotopic (exact) mass is 433 g/mol. The zero-order valence-corrected chi connectivity index (χ0v) is 17.8. The molecule has 2 heterocycles. The molecule has 0 unspecified atom stereocenters. The smallest absolute Gasteiger partial charge is 0.234 e. The van der Waals surface area contributed by atoms with Gasteiger partial charge in [0.2, 0.25) is 17.0 Å². The summed E-state index contributed by atoms with van der Waals surface area (Å²) < 4.78 is 1.90. The molecular weight excluding hydrogens is 410 g/mol. The van der Waals surface area contributed by atoms with Crippen molar-refractivity contribution in [1.29, 1.82) is 0 Å². The molecule has 1 aliphatic heterocycles. The quantitative estimate of drug-likeness (QED) is 0.570. The second kappa shape index (κ2) is 8.55. The van der Waals surface area contributed by atoms with Crippen molar-refractivity contribution in [2.75, 3.05) is 22.5 Å². The molecule has 2 fully saturated rings. The molecule has 0 radical (unpaired) electrons. The standard InChI is InChI=1S/C23H23N5O2S/c29-20(24-17-10-12-18(13-11-17)27-14-4-7-21(27)30)15-31-23-25-22(16-8-9-16)28(26-23)19-5-2-1-3-6-19/h1-3,5-6,10-13,16H,4,7-9,14-15H2,(H,24,29). The maximum absolute atomic E-state index is 12.4. The number of nitrogens with zero attached hydrogens (tertiary/aromatic N) is 4. The van der Waals surface area contributed by atoms with Crippen LogP contribution in [0.1, 0.15) is 37.4 Å². The Bertz CT molecular complexity index is 1090. The Kier molecular flexibility index (Phi) is 5.46. The molecule has 1 saturated heterocycles. The van der Waals surface area contributed by atoms with Crippen molar-refractivity contribution in [1.82, 2.24) is 14.8 Å². The van der Waals surface area contributed by atoms with Gasteiger partial charge in [0.05, 0.1) is 11.4 Å². The zero-order chi connectivity index (χ0) is 21.2. The van der Waals surface area contributed by atoms with Crippen molar-refractivity contribution in [2.45, 2.75) is 36.8 Å². The number of hydrogen-bond acceptors (Lipinski definition) is 5. The topological polar surface area (TPSA) is 80.1 Å². The SMILES string of the molecule is O=C(CSc1nc(C2CC2)n(-c2ccccc2)n1)Nc1ccc(N2CCCC2=O)cc1. The lowest BCUT2D eigenvalue weighted by molar-refractivity contribution is -0.117. The first-order chi connectivity index (χ1) is 15.2. The summed E-state index contributed by atoms with van der Waals surface area (Å²) in [4.78, 5) is 30.8. The fraction of sp³-hybridized carbons (Fsp3) is 0.304. The minimum absolute atomic E-state index is 0.112. The number of hydrogen-bond donors (Lipinski definition) is 1. The van der Waals surface area contributed by atoms with Crippen molar-refractivity contribution >= 4 is 35.0 Å². The Morgan fingerprint density at radius 3 is 2.52 bits per heavy atom. The molecule has 1 saturated carbocycles. The summed E-state index contributed by atoms with van der Waals surface area (Å²) in [5.74, 6) is 1.70. The molecule has 3 aromatic rings. The van der Waals surface area contributed by atoms with Crippen LogP contribution in [-0.4, -0.2) is 38.9 Å². The van der Waals surface area contributed by atoms with E-state index < -0.39 is 0 Å². The Hall–Kier alpha value is -3.13. The Labute approximate surface area is 184 Å². The third-order valence-corrected chi connectivity index (χ3v) is 6.26. The number of carbonyl (C=O) groups excluding carboxylic acids is 2. The molecule has 158 valence electrons. The van der Waals surface area contributed by atoms with Crippen LogP contribution >= 0.6 is 11.8 Å². The molecule has 1 N–H and O–H groups in total. The van der Waals surface area contributed by atoms with Gasteiger partial charge in [0.25, 0.3) is 0 Å². The van der Waals surface area contributed by atoms with Gasteiger partial charge in [0.15, 0.2) is 0 Å². The van der Waals surface area contributed by atoms with Gasteiger partial charge in [-0.05, 0) is 55.7 Å². The van der Waals surface area contributed by atoms with E-state index in [1.807, 2.05) is 59.3 Å². The van der Waals surface area contributed by atoms with Crippen LogP contribution in [0.15, 0.2) is 59.8 Å². The highest BCUT2D eigenvalue weighted by atomic mass is 32.2. The van der Waals surface area contributed by atoms with Gasteiger partial charge in [-0.1, -0.05) is 30.0 Å². The Morgan fingerprint density at radius 2 is 1.84 bits per heavy atom. The molecule has 7 nitrogen and oxygen atoms in total. The average molecular weight is 434 g/mol. The van der Waals surface area contributed by atoms with Crippen molar-refractivity contribution in [3.05, 3.63) is 60.4 Å². The van der Waals surface area contributed by atoms with Crippen LogP contribution < -0.4 is 10.2 Å².